The molecule has 0 radical (unpaired) electrons. The van der Waals surface area contributed by atoms with Crippen LogP contribution in [0.25, 0.3) is 11.3 Å². The molecule has 1 N–H and O–H groups in total. The predicted molar refractivity (Wildman–Crippen MR) is 146 cm³/mol. The first-order chi connectivity index (χ1) is 17.8. The lowest BCUT2D eigenvalue weighted by atomic mass is 10.1. The number of allylic oxidation sites excluding steroid dienone is 1. The van der Waals surface area contributed by atoms with Crippen LogP contribution < -0.4 is 10.1 Å². The normalized spacial score (nSPS) is 11.8. The van der Waals surface area contributed by atoms with Crippen LogP contribution in [-0.2, 0) is 21.2 Å². The standard InChI is InChI=1S/C27H32FN3O4S2/c1-4-16-31(17-5-2)37(33,34)22-13-10-20(11-14-22)8-6-7-9-26(32)30-27-29-24(19-36-27)21-12-15-25(35-3)23(28)18-21/h7,9-15,18-19H,4-6,8,16-17H2,1-3H3,(H,29,30,32). The monoisotopic (exact) mass is 545 g/mol. The predicted octanol–water partition coefficient (Wildman–Crippen LogP) is 5.90. The molecule has 0 bridgehead atoms. The van der Waals surface area contributed by atoms with Crippen LogP contribution in [0.2, 0.25) is 0 Å². The van der Waals surface area contributed by atoms with E-state index in [1.807, 2.05) is 26.0 Å². The van der Waals surface area contributed by atoms with Gasteiger partial charge in [-0.15, -0.1) is 11.3 Å². The molecular formula is C27H32FN3O4S2. The number of aryl methyl sites for hydroxylation is 1. The average molecular weight is 546 g/mol. The van der Waals surface area contributed by atoms with Crippen molar-refractivity contribution >= 4 is 32.4 Å². The highest BCUT2D eigenvalue weighted by Crippen LogP contribution is 2.28. The number of nitrogens with one attached hydrogen (secondary N) is 1. The molecule has 0 aliphatic heterocycles. The van der Waals surface area contributed by atoms with Gasteiger partial charge in [0, 0.05) is 24.0 Å². The maximum absolute atomic E-state index is 14.0. The van der Waals surface area contributed by atoms with Gasteiger partial charge in [-0.3, -0.25) is 10.1 Å². The van der Waals surface area contributed by atoms with E-state index >= 15 is 0 Å². The van der Waals surface area contributed by atoms with Crippen LogP contribution >= 0.6 is 11.3 Å². The molecule has 198 valence electrons. The topological polar surface area (TPSA) is 88.6 Å². The minimum atomic E-state index is -3.49. The number of nitrogens with zero attached hydrogens (tertiary/aromatic N) is 2. The maximum atomic E-state index is 14.0. The Bertz CT molecular complexity index is 1320. The van der Waals surface area contributed by atoms with E-state index in [-0.39, 0.29) is 11.7 Å². The molecule has 3 aromatic rings. The molecule has 1 heterocycles. The fourth-order valence-electron chi connectivity index (χ4n) is 3.71. The number of ether oxygens (including phenoxy) is 1. The van der Waals surface area contributed by atoms with Crippen LogP contribution in [0, 0.1) is 5.82 Å². The Morgan fingerprint density at radius 1 is 1.14 bits per heavy atom. The highest BCUT2D eigenvalue weighted by atomic mass is 32.2. The molecule has 2 aromatic carbocycles. The van der Waals surface area contributed by atoms with E-state index in [2.05, 4.69) is 10.3 Å². The Kier molecular flexibility index (Phi) is 10.4. The number of thiazole rings is 1. The number of sulfonamides is 1. The van der Waals surface area contributed by atoms with E-state index in [1.54, 1.807) is 29.7 Å². The fourth-order valence-corrected chi connectivity index (χ4v) is 6.05. The Morgan fingerprint density at radius 2 is 1.84 bits per heavy atom. The van der Waals surface area contributed by atoms with Gasteiger partial charge in [0.25, 0.3) is 0 Å². The molecule has 37 heavy (non-hydrogen) atoms. The van der Waals surface area contributed by atoms with Crippen molar-refractivity contribution in [3.8, 4) is 17.0 Å². The third-order valence-corrected chi connectivity index (χ3v) is 8.23. The van der Waals surface area contributed by atoms with Crippen LogP contribution in [-0.4, -0.2) is 43.8 Å². The molecule has 0 spiro atoms. The summed E-state index contributed by atoms with van der Waals surface area (Å²) < 4.78 is 46.2. The quantitative estimate of drug-likeness (QED) is 0.270. The van der Waals surface area contributed by atoms with Crippen LogP contribution in [0.3, 0.4) is 0 Å². The zero-order valence-electron chi connectivity index (χ0n) is 21.2. The third kappa shape index (κ3) is 7.70. The van der Waals surface area contributed by atoms with Crippen molar-refractivity contribution < 1.29 is 22.3 Å². The van der Waals surface area contributed by atoms with Gasteiger partial charge in [0.15, 0.2) is 16.7 Å². The summed E-state index contributed by atoms with van der Waals surface area (Å²) in [6, 6.07) is 11.5. The highest BCUT2D eigenvalue weighted by Gasteiger charge is 2.22. The number of hydrogen-bond acceptors (Lipinski definition) is 6. The van der Waals surface area contributed by atoms with Crippen molar-refractivity contribution in [1.29, 1.82) is 0 Å². The molecule has 0 aliphatic rings. The van der Waals surface area contributed by atoms with E-state index in [0.717, 1.165) is 18.4 Å². The number of methoxy groups -OCH3 is 1. The third-order valence-electron chi connectivity index (χ3n) is 5.56. The molecule has 1 aromatic heterocycles. The molecule has 0 unspecified atom stereocenters. The number of hydrogen-bond donors (Lipinski definition) is 1. The van der Waals surface area contributed by atoms with Gasteiger partial charge in [-0.1, -0.05) is 32.1 Å². The molecule has 0 aliphatic carbocycles. The molecule has 1 amide bonds. The van der Waals surface area contributed by atoms with Crippen molar-refractivity contribution in [1.82, 2.24) is 9.29 Å². The minimum Gasteiger partial charge on any atom is -0.494 e. The minimum absolute atomic E-state index is 0.157. The Hall–Kier alpha value is -3.08. The molecule has 3 rings (SSSR count). The van der Waals surface area contributed by atoms with E-state index in [1.165, 1.54) is 41.0 Å². The van der Waals surface area contributed by atoms with Gasteiger partial charge in [0.05, 0.1) is 17.7 Å². The van der Waals surface area contributed by atoms with Crippen molar-refractivity contribution in [3.05, 3.63) is 71.4 Å². The van der Waals surface area contributed by atoms with Crippen molar-refractivity contribution in [2.75, 3.05) is 25.5 Å². The van der Waals surface area contributed by atoms with Gasteiger partial charge < -0.3 is 4.74 Å². The van der Waals surface area contributed by atoms with Crippen LogP contribution in [0.5, 0.6) is 5.75 Å². The van der Waals surface area contributed by atoms with Crippen molar-refractivity contribution in [2.24, 2.45) is 0 Å². The zero-order valence-corrected chi connectivity index (χ0v) is 22.9. The number of halogens is 1. The number of benzene rings is 2. The SMILES string of the molecule is CCCN(CCC)S(=O)(=O)c1ccc(CCC=CC(=O)Nc2nc(-c3ccc(OC)c(F)c3)cs2)cc1. The smallest absolute Gasteiger partial charge is 0.249 e. The average Bonchev–Trinajstić information content (AvgIpc) is 3.35. The first-order valence-electron chi connectivity index (χ1n) is 12.1. The van der Waals surface area contributed by atoms with Crippen LogP contribution in [0.1, 0.15) is 38.7 Å². The molecule has 0 atom stereocenters. The van der Waals surface area contributed by atoms with E-state index in [0.29, 0.717) is 47.2 Å². The Labute approximate surface area is 222 Å². The van der Waals surface area contributed by atoms with E-state index in [9.17, 15) is 17.6 Å². The van der Waals surface area contributed by atoms with E-state index in [4.69, 9.17) is 4.74 Å². The van der Waals surface area contributed by atoms with Crippen molar-refractivity contribution in [3.63, 3.8) is 0 Å². The lowest BCUT2D eigenvalue weighted by Gasteiger charge is -2.21. The lowest BCUT2D eigenvalue weighted by molar-refractivity contribution is -0.111. The van der Waals surface area contributed by atoms with Crippen LogP contribution in [0.15, 0.2) is 64.9 Å². The molecule has 0 saturated carbocycles. The summed E-state index contributed by atoms with van der Waals surface area (Å²) in [7, 11) is -2.09. The fraction of sp³-hybridized carbons (Fsp3) is 0.333. The first-order valence-corrected chi connectivity index (χ1v) is 14.5. The van der Waals surface area contributed by atoms with Gasteiger partial charge in [0.1, 0.15) is 0 Å². The van der Waals surface area contributed by atoms with Gasteiger partial charge in [0.2, 0.25) is 15.9 Å². The second kappa shape index (κ2) is 13.5. The summed E-state index contributed by atoms with van der Waals surface area (Å²) in [6.07, 6.45) is 6.03. The second-order valence-corrected chi connectivity index (χ2v) is 11.2. The number of amides is 1. The number of aromatic nitrogens is 1. The largest absolute Gasteiger partial charge is 0.494 e. The van der Waals surface area contributed by atoms with Gasteiger partial charge in [-0.2, -0.15) is 4.31 Å². The number of anilines is 1. The molecule has 0 fully saturated rings. The molecular weight excluding hydrogens is 513 g/mol. The van der Waals surface area contributed by atoms with Crippen LogP contribution in [0.4, 0.5) is 9.52 Å². The summed E-state index contributed by atoms with van der Waals surface area (Å²) in [4.78, 5) is 16.9. The molecule has 10 heteroatoms. The lowest BCUT2D eigenvalue weighted by Crippen LogP contribution is -2.32. The number of carbonyl (C=O) groups excluding carboxylic acids is 1. The Morgan fingerprint density at radius 3 is 2.46 bits per heavy atom. The molecule has 0 saturated heterocycles. The summed E-state index contributed by atoms with van der Waals surface area (Å²) in [5.74, 6) is -0.632. The van der Waals surface area contributed by atoms with Gasteiger partial charge >= 0.3 is 0 Å². The first kappa shape index (κ1) is 28.5. The summed E-state index contributed by atoms with van der Waals surface area (Å²) >= 11 is 1.25. The second-order valence-electron chi connectivity index (χ2n) is 8.37. The van der Waals surface area contributed by atoms with E-state index < -0.39 is 15.8 Å². The number of rotatable bonds is 13. The summed E-state index contributed by atoms with van der Waals surface area (Å²) in [5.41, 5.74) is 2.13. The number of carbonyl (C=O) groups is 1. The van der Waals surface area contributed by atoms with Gasteiger partial charge in [-0.05, 0) is 67.7 Å². The molecule has 7 nitrogen and oxygen atoms in total. The summed E-state index contributed by atoms with van der Waals surface area (Å²) in [5, 5.41) is 4.87. The van der Waals surface area contributed by atoms with Crippen molar-refractivity contribution in [2.45, 2.75) is 44.4 Å². The summed E-state index contributed by atoms with van der Waals surface area (Å²) in [6.45, 7) is 4.95. The highest BCUT2D eigenvalue weighted by molar-refractivity contribution is 7.89. The van der Waals surface area contributed by atoms with Gasteiger partial charge in [-0.25, -0.2) is 17.8 Å². The maximum Gasteiger partial charge on any atom is 0.249 e. The Balaban J connectivity index is 1.51. The zero-order chi connectivity index (χ0) is 26.8.